The third kappa shape index (κ3) is 2.81. The molecule has 3 heteroatoms. The van der Waals surface area contributed by atoms with Gasteiger partial charge in [-0.2, -0.15) is 0 Å². The van der Waals surface area contributed by atoms with E-state index in [1.54, 1.807) is 12.1 Å². The Labute approximate surface area is 113 Å². The van der Waals surface area contributed by atoms with Gasteiger partial charge in [-0.1, -0.05) is 32.0 Å². The van der Waals surface area contributed by atoms with E-state index < -0.39 is 0 Å². The summed E-state index contributed by atoms with van der Waals surface area (Å²) in [5.74, 6) is 0. The van der Waals surface area contributed by atoms with E-state index >= 15 is 0 Å². The first-order valence-corrected chi connectivity index (χ1v) is 6.44. The summed E-state index contributed by atoms with van der Waals surface area (Å²) in [6.07, 6.45) is 1.97. The van der Waals surface area contributed by atoms with Crippen molar-refractivity contribution < 1.29 is 4.92 Å². The van der Waals surface area contributed by atoms with Crippen molar-refractivity contribution in [3.05, 3.63) is 63.7 Å². The van der Waals surface area contributed by atoms with E-state index in [2.05, 4.69) is 32.0 Å². The maximum atomic E-state index is 10.8. The highest BCUT2D eigenvalue weighted by Gasteiger charge is 2.08. The highest BCUT2D eigenvalue weighted by atomic mass is 16.6. The van der Waals surface area contributed by atoms with Crippen molar-refractivity contribution in [1.29, 1.82) is 0 Å². The molecule has 3 nitrogen and oxygen atoms in total. The molecule has 0 atom stereocenters. The molecule has 97 valence electrons. The smallest absolute Gasteiger partial charge is 0.258 e. The Bertz CT molecular complexity index is 605. The van der Waals surface area contributed by atoms with Crippen molar-refractivity contribution in [3.63, 3.8) is 0 Å². The summed E-state index contributed by atoms with van der Waals surface area (Å²) in [5, 5.41) is 10.8. The molecule has 0 aliphatic heterocycles. The van der Waals surface area contributed by atoms with E-state index in [-0.39, 0.29) is 10.6 Å². The van der Waals surface area contributed by atoms with Crippen LogP contribution in [0.15, 0.2) is 36.4 Å². The van der Waals surface area contributed by atoms with Gasteiger partial charge in [-0.3, -0.25) is 10.1 Å². The van der Waals surface area contributed by atoms with Crippen LogP contribution >= 0.6 is 0 Å². The maximum absolute atomic E-state index is 10.8. The number of hydrogen-bond acceptors (Lipinski definition) is 2. The van der Waals surface area contributed by atoms with Crippen LogP contribution in [0.4, 0.5) is 5.69 Å². The Morgan fingerprint density at radius 1 is 1.11 bits per heavy atom. The molecule has 0 aliphatic carbocycles. The molecule has 19 heavy (non-hydrogen) atoms. The minimum absolute atomic E-state index is 0.103. The highest BCUT2D eigenvalue weighted by molar-refractivity contribution is 5.66. The van der Waals surface area contributed by atoms with Crippen LogP contribution in [-0.2, 0) is 12.8 Å². The molecule has 0 spiro atoms. The predicted octanol–water partition coefficient (Wildman–Crippen LogP) is 4.19. The fraction of sp³-hybridized carbons (Fsp3) is 0.250. The van der Waals surface area contributed by atoms with Crippen LogP contribution < -0.4 is 0 Å². The molecule has 0 N–H and O–H groups in total. The van der Waals surface area contributed by atoms with Crippen molar-refractivity contribution in [2.75, 3.05) is 0 Å². The van der Waals surface area contributed by atoms with Gasteiger partial charge in [0.05, 0.1) is 4.92 Å². The SMILES string of the molecule is CCc1ccc(-c2[c]ccc([N+](=O)[O-])c2)cc1CC. The van der Waals surface area contributed by atoms with Gasteiger partial charge in [-0.05, 0) is 47.2 Å². The van der Waals surface area contributed by atoms with Gasteiger partial charge in [0.15, 0.2) is 0 Å². The lowest BCUT2D eigenvalue weighted by molar-refractivity contribution is -0.384. The Balaban J connectivity index is 2.47. The van der Waals surface area contributed by atoms with Gasteiger partial charge in [0.1, 0.15) is 0 Å². The lowest BCUT2D eigenvalue weighted by atomic mass is 9.96. The minimum atomic E-state index is -0.377. The lowest BCUT2D eigenvalue weighted by Gasteiger charge is -2.09. The van der Waals surface area contributed by atoms with Gasteiger partial charge in [-0.25, -0.2) is 0 Å². The summed E-state index contributed by atoms with van der Waals surface area (Å²) < 4.78 is 0. The molecule has 0 aliphatic rings. The molecule has 1 radical (unpaired) electrons. The molecule has 0 aromatic heterocycles. The summed E-state index contributed by atoms with van der Waals surface area (Å²) in [7, 11) is 0. The summed E-state index contributed by atoms with van der Waals surface area (Å²) in [4.78, 5) is 10.4. The summed E-state index contributed by atoms with van der Waals surface area (Å²) in [5.41, 5.74) is 4.48. The largest absolute Gasteiger partial charge is 0.270 e. The molecule has 0 amide bonds. The predicted molar refractivity (Wildman–Crippen MR) is 76.1 cm³/mol. The monoisotopic (exact) mass is 254 g/mol. The number of non-ortho nitro benzene ring substituents is 1. The molecule has 0 bridgehead atoms. The fourth-order valence-corrected chi connectivity index (χ4v) is 2.20. The molecule has 0 saturated carbocycles. The topological polar surface area (TPSA) is 43.1 Å². The third-order valence-electron chi connectivity index (χ3n) is 3.28. The van der Waals surface area contributed by atoms with Gasteiger partial charge in [0.2, 0.25) is 0 Å². The van der Waals surface area contributed by atoms with Gasteiger partial charge in [0, 0.05) is 12.1 Å². The number of nitro benzene ring substituents is 1. The maximum Gasteiger partial charge on any atom is 0.270 e. The lowest BCUT2D eigenvalue weighted by Crippen LogP contribution is -1.93. The molecule has 0 fully saturated rings. The second-order valence-corrected chi connectivity index (χ2v) is 4.41. The van der Waals surface area contributed by atoms with E-state index in [1.807, 2.05) is 6.07 Å². The first-order chi connectivity index (χ1) is 9.15. The van der Waals surface area contributed by atoms with E-state index in [1.165, 1.54) is 17.2 Å². The Kier molecular flexibility index (Phi) is 3.95. The number of nitro groups is 1. The van der Waals surface area contributed by atoms with Gasteiger partial charge in [-0.15, -0.1) is 0 Å². The molecule has 2 rings (SSSR count). The molecule has 0 saturated heterocycles. The first kappa shape index (κ1) is 13.3. The second kappa shape index (κ2) is 5.65. The normalized spacial score (nSPS) is 10.4. The van der Waals surface area contributed by atoms with Crippen LogP contribution in [0.2, 0.25) is 0 Å². The quantitative estimate of drug-likeness (QED) is 0.606. The van der Waals surface area contributed by atoms with Crippen molar-refractivity contribution >= 4 is 5.69 Å². The molecular formula is C16H16NO2. The van der Waals surface area contributed by atoms with Gasteiger partial charge < -0.3 is 0 Å². The number of rotatable bonds is 4. The summed E-state index contributed by atoms with van der Waals surface area (Å²) >= 11 is 0. The van der Waals surface area contributed by atoms with Crippen LogP contribution in [0.25, 0.3) is 11.1 Å². The molecule has 2 aromatic carbocycles. The molecule has 0 unspecified atom stereocenters. The fourth-order valence-electron chi connectivity index (χ4n) is 2.20. The summed E-state index contributed by atoms with van der Waals surface area (Å²) in [6.45, 7) is 4.25. The van der Waals surface area contributed by atoms with Crippen molar-refractivity contribution in [1.82, 2.24) is 0 Å². The zero-order chi connectivity index (χ0) is 13.8. The van der Waals surface area contributed by atoms with E-state index in [9.17, 15) is 10.1 Å². The first-order valence-electron chi connectivity index (χ1n) is 6.44. The van der Waals surface area contributed by atoms with Crippen LogP contribution in [0.1, 0.15) is 25.0 Å². The standard InChI is InChI=1S/C16H16NO2/c1-3-12-8-9-15(10-13(12)4-2)14-6-5-7-16(11-14)17(18)19/h5,7-11H,3-4H2,1-2H3. The second-order valence-electron chi connectivity index (χ2n) is 4.41. The molecule has 0 heterocycles. The van der Waals surface area contributed by atoms with Crippen LogP contribution in [0, 0.1) is 16.2 Å². The molecular weight excluding hydrogens is 238 g/mol. The van der Waals surface area contributed by atoms with Gasteiger partial charge in [0.25, 0.3) is 5.69 Å². The van der Waals surface area contributed by atoms with Crippen LogP contribution in [0.5, 0.6) is 0 Å². The summed E-state index contributed by atoms with van der Waals surface area (Å²) in [6, 6.07) is 13.9. The van der Waals surface area contributed by atoms with Crippen molar-refractivity contribution in [3.8, 4) is 11.1 Å². The minimum Gasteiger partial charge on any atom is -0.258 e. The average Bonchev–Trinajstić information content (AvgIpc) is 2.46. The van der Waals surface area contributed by atoms with Crippen molar-refractivity contribution in [2.24, 2.45) is 0 Å². The number of aryl methyl sites for hydroxylation is 2. The van der Waals surface area contributed by atoms with E-state index in [0.29, 0.717) is 0 Å². The zero-order valence-electron chi connectivity index (χ0n) is 11.1. The van der Waals surface area contributed by atoms with E-state index in [4.69, 9.17) is 0 Å². The molecule has 2 aromatic rings. The number of hydrogen-bond donors (Lipinski definition) is 0. The van der Waals surface area contributed by atoms with Crippen molar-refractivity contribution in [2.45, 2.75) is 26.7 Å². The highest BCUT2D eigenvalue weighted by Crippen LogP contribution is 2.26. The third-order valence-corrected chi connectivity index (χ3v) is 3.28. The average molecular weight is 254 g/mol. The Morgan fingerprint density at radius 2 is 1.84 bits per heavy atom. The number of benzene rings is 2. The van der Waals surface area contributed by atoms with E-state index in [0.717, 1.165) is 24.0 Å². The Hall–Kier alpha value is -2.16. The Morgan fingerprint density at radius 3 is 2.47 bits per heavy atom. The number of nitrogens with zero attached hydrogens (tertiary/aromatic N) is 1. The van der Waals surface area contributed by atoms with Crippen LogP contribution in [-0.4, -0.2) is 4.92 Å². The van der Waals surface area contributed by atoms with Crippen LogP contribution in [0.3, 0.4) is 0 Å². The van der Waals surface area contributed by atoms with Gasteiger partial charge >= 0.3 is 0 Å². The zero-order valence-corrected chi connectivity index (χ0v) is 11.1.